The van der Waals surface area contributed by atoms with Gasteiger partial charge in [0.15, 0.2) is 0 Å². The van der Waals surface area contributed by atoms with Crippen molar-refractivity contribution in [2.24, 2.45) is 5.41 Å². The minimum Gasteiger partial charge on any atom is -0.496 e. The Hall–Kier alpha value is -2.34. The molecule has 1 aromatic carbocycles. The van der Waals surface area contributed by atoms with Gasteiger partial charge in [-0.3, -0.25) is 9.89 Å². The Kier molecular flexibility index (Phi) is 5.85. The van der Waals surface area contributed by atoms with Gasteiger partial charge in [0.1, 0.15) is 11.4 Å². The Bertz CT molecular complexity index is 778. The molecule has 1 saturated heterocycles. The molecule has 6 heteroatoms. The summed E-state index contributed by atoms with van der Waals surface area (Å²) in [5, 5.41) is 10.2. The molecule has 2 heterocycles. The maximum Gasteiger partial charge on any atom is 0.272 e. The standard InChI is InChI=1S/C21H30N4O2/c1-21(2,3)14-25-10-9-16(13-25)17-11-18(24-23-17)20(26)22-12-15-7-5-6-8-19(15)27-4/h5-8,11,16H,9-10,12-14H2,1-4H3,(H,22,26)(H,23,24)/t16-/m0/s1. The Morgan fingerprint density at radius 1 is 1.37 bits per heavy atom. The summed E-state index contributed by atoms with van der Waals surface area (Å²) in [6, 6.07) is 9.56. The lowest BCUT2D eigenvalue weighted by atomic mass is 9.96. The van der Waals surface area contributed by atoms with E-state index in [4.69, 9.17) is 4.74 Å². The van der Waals surface area contributed by atoms with Crippen LogP contribution in [-0.4, -0.2) is 47.7 Å². The number of ether oxygens (including phenoxy) is 1. The van der Waals surface area contributed by atoms with Crippen molar-refractivity contribution in [3.05, 3.63) is 47.3 Å². The van der Waals surface area contributed by atoms with E-state index in [1.165, 1.54) is 0 Å². The van der Waals surface area contributed by atoms with Gasteiger partial charge in [-0.25, -0.2) is 0 Å². The van der Waals surface area contributed by atoms with E-state index in [1.807, 2.05) is 30.3 Å². The summed E-state index contributed by atoms with van der Waals surface area (Å²) < 4.78 is 5.32. The van der Waals surface area contributed by atoms with Crippen molar-refractivity contribution < 1.29 is 9.53 Å². The van der Waals surface area contributed by atoms with Crippen LogP contribution in [0.1, 0.15) is 54.9 Å². The number of rotatable bonds is 6. The van der Waals surface area contributed by atoms with E-state index < -0.39 is 0 Å². The van der Waals surface area contributed by atoms with E-state index in [1.54, 1.807) is 7.11 Å². The van der Waals surface area contributed by atoms with Crippen molar-refractivity contribution in [3.63, 3.8) is 0 Å². The van der Waals surface area contributed by atoms with Crippen LogP contribution < -0.4 is 10.1 Å². The fourth-order valence-corrected chi connectivity index (χ4v) is 3.68. The molecule has 0 radical (unpaired) electrons. The molecule has 1 aliphatic heterocycles. The summed E-state index contributed by atoms with van der Waals surface area (Å²) in [7, 11) is 1.63. The zero-order valence-corrected chi connectivity index (χ0v) is 16.7. The van der Waals surface area contributed by atoms with Gasteiger partial charge in [0.2, 0.25) is 0 Å². The zero-order valence-electron chi connectivity index (χ0n) is 16.7. The van der Waals surface area contributed by atoms with E-state index in [2.05, 4.69) is 41.2 Å². The molecular formula is C21H30N4O2. The predicted molar refractivity (Wildman–Crippen MR) is 106 cm³/mol. The number of nitrogens with zero attached hydrogens (tertiary/aromatic N) is 2. The van der Waals surface area contributed by atoms with Crippen LogP contribution in [0.25, 0.3) is 0 Å². The minimum atomic E-state index is -0.173. The van der Waals surface area contributed by atoms with Crippen LogP contribution in [0.4, 0.5) is 0 Å². The van der Waals surface area contributed by atoms with Gasteiger partial charge in [0, 0.05) is 36.8 Å². The highest BCUT2D eigenvalue weighted by atomic mass is 16.5. The topological polar surface area (TPSA) is 70.2 Å². The first-order valence-corrected chi connectivity index (χ1v) is 9.53. The molecule has 3 rings (SSSR count). The van der Waals surface area contributed by atoms with Gasteiger partial charge in [0.25, 0.3) is 5.91 Å². The molecule has 0 aliphatic carbocycles. The van der Waals surface area contributed by atoms with E-state index in [9.17, 15) is 4.79 Å². The lowest BCUT2D eigenvalue weighted by molar-refractivity contribution is 0.0945. The highest BCUT2D eigenvalue weighted by Gasteiger charge is 2.28. The first-order valence-electron chi connectivity index (χ1n) is 9.53. The van der Waals surface area contributed by atoms with Crippen LogP contribution in [-0.2, 0) is 6.54 Å². The number of hydrogen-bond acceptors (Lipinski definition) is 4. The first kappa shape index (κ1) is 19.4. The molecule has 1 aliphatic rings. The fraction of sp³-hybridized carbons (Fsp3) is 0.524. The van der Waals surface area contributed by atoms with Crippen LogP contribution in [0.5, 0.6) is 5.75 Å². The smallest absolute Gasteiger partial charge is 0.272 e. The van der Waals surface area contributed by atoms with E-state index in [0.29, 0.717) is 23.6 Å². The second-order valence-corrected chi connectivity index (χ2v) is 8.48. The Morgan fingerprint density at radius 3 is 2.89 bits per heavy atom. The summed E-state index contributed by atoms with van der Waals surface area (Å²) in [6.07, 6.45) is 1.10. The van der Waals surface area contributed by atoms with E-state index in [0.717, 1.165) is 43.1 Å². The van der Waals surface area contributed by atoms with Gasteiger partial charge in [0.05, 0.1) is 7.11 Å². The number of carbonyl (C=O) groups excluding carboxylic acids is 1. The number of hydrogen-bond donors (Lipinski definition) is 2. The molecule has 1 atom stereocenters. The number of aromatic amines is 1. The molecule has 1 aromatic heterocycles. The quantitative estimate of drug-likeness (QED) is 0.819. The zero-order chi connectivity index (χ0) is 19.4. The predicted octanol–water partition coefficient (Wildman–Crippen LogP) is 3.18. The maximum absolute atomic E-state index is 12.5. The van der Waals surface area contributed by atoms with Crippen LogP contribution in [0, 0.1) is 5.41 Å². The van der Waals surface area contributed by atoms with Crippen LogP contribution >= 0.6 is 0 Å². The molecule has 146 valence electrons. The second-order valence-electron chi connectivity index (χ2n) is 8.48. The summed E-state index contributed by atoms with van der Waals surface area (Å²) in [6.45, 7) is 10.4. The summed E-state index contributed by atoms with van der Waals surface area (Å²) in [5.74, 6) is 1.01. The second kappa shape index (κ2) is 8.13. The highest BCUT2D eigenvalue weighted by Crippen LogP contribution is 2.28. The number of amides is 1. The molecule has 0 spiro atoms. The van der Waals surface area contributed by atoms with Crippen molar-refractivity contribution in [1.29, 1.82) is 0 Å². The number of H-pyrrole nitrogens is 1. The number of aromatic nitrogens is 2. The molecule has 2 N–H and O–H groups in total. The molecule has 27 heavy (non-hydrogen) atoms. The summed E-state index contributed by atoms with van der Waals surface area (Å²) >= 11 is 0. The van der Waals surface area contributed by atoms with E-state index >= 15 is 0 Å². The lowest BCUT2D eigenvalue weighted by Crippen LogP contribution is -2.30. The maximum atomic E-state index is 12.5. The van der Waals surface area contributed by atoms with Crippen molar-refractivity contribution in [2.45, 2.75) is 39.7 Å². The number of benzene rings is 1. The molecule has 0 bridgehead atoms. The molecule has 6 nitrogen and oxygen atoms in total. The van der Waals surface area contributed by atoms with Crippen LogP contribution in [0.2, 0.25) is 0 Å². The third kappa shape index (κ3) is 5.10. The van der Waals surface area contributed by atoms with Gasteiger partial charge in [-0.15, -0.1) is 0 Å². The normalized spacial score (nSPS) is 17.9. The number of methoxy groups -OCH3 is 1. The van der Waals surface area contributed by atoms with Crippen molar-refractivity contribution in [2.75, 3.05) is 26.7 Å². The number of para-hydroxylation sites is 1. The Balaban J connectivity index is 1.57. The Morgan fingerprint density at radius 2 is 2.15 bits per heavy atom. The third-order valence-electron chi connectivity index (χ3n) is 4.87. The van der Waals surface area contributed by atoms with Crippen LogP contribution in [0.3, 0.4) is 0 Å². The molecule has 0 saturated carbocycles. The van der Waals surface area contributed by atoms with Gasteiger partial charge in [-0.05, 0) is 30.5 Å². The SMILES string of the molecule is COc1ccccc1CNC(=O)c1cc([C@H]2CCN(CC(C)(C)C)C2)[nH]n1. The number of nitrogens with one attached hydrogen (secondary N) is 2. The molecule has 2 aromatic rings. The number of carbonyl (C=O) groups is 1. The Labute approximate surface area is 161 Å². The molecule has 0 unspecified atom stereocenters. The van der Waals surface area contributed by atoms with Crippen LogP contribution in [0.15, 0.2) is 30.3 Å². The minimum absolute atomic E-state index is 0.173. The average molecular weight is 370 g/mol. The largest absolute Gasteiger partial charge is 0.496 e. The average Bonchev–Trinajstić information content (AvgIpc) is 3.27. The summed E-state index contributed by atoms with van der Waals surface area (Å²) in [4.78, 5) is 14.9. The van der Waals surface area contributed by atoms with Crippen molar-refractivity contribution in [3.8, 4) is 5.75 Å². The monoisotopic (exact) mass is 370 g/mol. The van der Waals surface area contributed by atoms with E-state index in [-0.39, 0.29) is 5.91 Å². The fourth-order valence-electron chi connectivity index (χ4n) is 3.68. The van der Waals surface area contributed by atoms with Gasteiger partial charge < -0.3 is 15.0 Å². The first-order chi connectivity index (χ1) is 12.9. The number of likely N-dealkylation sites (tertiary alicyclic amines) is 1. The van der Waals surface area contributed by atoms with Gasteiger partial charge >= 0.3 is 0 Å². The van der Waals surface area contributed by atoms with Gasteiger partial charge in [-0.1, -0.05) is 39.0 Å². The van der Waals surface area contributed by atoms with Crippen molar-refractivity contribution in [1.82, 2.24) is 20.4 Å². The molecule has 1 amide bonds. The molecule has 1 fully saturated rings. The summed E-state index contributed by atoms with van der Waals surface area (Å²) in [5.41, 5.74) is 2.73. The lowest BCUT2D eigenvalue weighted by Gasteiger charge is -2.26. The third-order valence-corrected chi connectivity index (χ3v) is 4.87. The van der Waals surface area contributed by atoms with Gasteiger partial charge in [-0.2, -0.15) is 5.10 Å². The van der Waals surface area contributed by atoms with Crippen molar-refractivity contribution >= 4 is 5.91 Å². The highest BCUT2D eigenvalue weighted by molar-refractivity contribution is 5.92. The molecular weight excluding hydrogens is 340 g/mol.